The number of ether oxygens (including phenoxy) is 2. The fraction of sp³-hybridized carbons (Fsp3) is 0.516. The van der Waals surface area contributed by atoms with Gasteiger partial charge in [-0.1, -0.05) is 29.5 Å². The van der Waals surface area contributed by atoms with Gasteiger partial charge >= 0.3 is 5.69 Å². The van der Waals surface area contributed by atoms with Crippen molar-refractivity contribution in [3.63, 3.8) is 0 Å². The lowest BCUT2D eigenvalue weighted by Crippen LogP contribution is -2.56. The molecule has 1 amide bonds. The second-order valence-corrected chi connectivity index (χ2v) is 13.0. The van der Waals surface area contributed by atoms with E-state index < -0.39 is 28.8 Å². The maximum Gasteiger partial charge on any atom is 0.333 e. The van der Waals surface area contributed by atoms with Gasteiger partial charge in [0.05, 0.1) is 43.6 Å². The first-order chi connectivity index (χ1) is 20.9. The van der Waals surface area contributed by atoms with E-state index in [1.807, 2.05) is 38.1 Å². The maximum atomic E-state index is 14.5. The molecule has 0 aliphatic heterocycles. The number of carbonyl (C=O) groups excluding carboxylic acids is 1. The minimum absolute atomic E-state index is 0.0445. The minimum Gasteiger partial charge on any atom is -0.496 e. The van der Waals surface area contributed by atoms with Crippen LogP contribution in [0.1, 0.15) is 70.6 Å². The third-order valence-electron chi connectivity index (χ3n) is 8.16. The average Bonchev–Trinajstić information content (AvgIpc) is 3.63. The Kier molecular flexibility index (Phi) is 9.10. The SMILES string of the molecule is COc1ccccc1[C@H](Cn1c(=O)n(C(C)(C)C(=O)NC(C)C)c(=O)c2c(C)c(-n3nccn3)sc21)O[C@H]1CC[C@@H](O)CC1. The van der Waals surface area contributed by atoms with E-state index in [0.717, 1.165) is 10.1 Å². The summed E-state index contributed by atoms with van der Waals surface area (Å²) in [6, 6.07) is 7.29. The Labute approximate surface area is 259 Å². The number of fused-ring (bicyclic) bond motifs is 1. The van der Waals surface area contributed by atoms with Crippen LogP contribution in [0.25, 0.3) is 15.2 Å². The van der Waals surface area contributed by atoms with Crippen LogP contribution in [0.15, 0.2) is 46.2 Å². The van der Waals surface area contributed by atoms with Gasteiger partial charge in [0.25, 0.3) is 5.56 Å². The van der Waals surface area contributed by atoms with E-state index in [2.05, 4.69) is 15.5 Å². The third kappa shape index (κ3) is 5.95. The first-order valence-electron chi connectivity index (χ1n) is 14.9. The van der Waals surface area contributed by atoms with Gasteiger partial charge in [-0.2, -0.15) is 10.2 Å². The second-order valence-electron chi connectivity index (χ2n) is 12.0. The molecule has 13 heteroatoms. The highest BCUT2D eigenvalue weighted by Gasteiger charge is 2.37. The largest absolute Gasteiger partial charge is 0.496 e. The van der Waals surface area contributed by atoms with Crippen LogP contribution in [-0.4, -0.2) is 60.5 Å². The van der Waals surface area contributed by atoms with Gasteiger partial charge in [0.1, 0.15) is 27.2 Å². The van der Waals surface area contributed by atoms with Crippen molar-refractivity contribution in [3.8, 4) is 10.8 Å². The molecule has 0 unspecified atom stereocenters. The summed E-state index contributed by atoms with van der Waals surface area (Å²) >= 11 is 1.24. The van der Waals surface area contributed by atoms with Crippen molar-refractivity contribution in [2.45, 2.75) is 96.7 Å². The molecular formula is C31H40N6O6S. The molecule has 1 aliphatic carbocycles. The number of aliphatic hydroxyl groups is 1. The number of rotatable bonds is 10. The second kappa shape index (κ2) is 12.7. The molecule has 1 fully saturated rings. The van der Waals surface area contributed by atoms with E-state index in [4.69, 9.17) is 9.47 Å². The van der Waals surface area contributed by atoms with Gasteiger partial charge < -0.3 is 19.9 Å². The molecule has 44 heavy (non-hydrogen) atoms. The molecule has 12 nitrogen and oxygen atoms in total. The lowest BCUT2D eigenvalue weighted by molar-refractivity contribution is -0.129. The topological polar surface area (TPSA) is 142 Å². The first kappa shape index (κ1) is 31.6. The summed E-state index contributed by atoms with van der Waals surface area (Å²) in [7, 11) is 1.58. The van der Waals surface area contributed by atoms with Gasteiger partial charge in [0.2, 0.25) is 5.91 Å². The molecule has 0 bridgehead atoms. The normalized spacial score (nSPS) is 18.1. The van der Waals surface area contributed by atoms with Crippen molar-refractivity contribution in [1.82, 2.24) is 29.4 Å². The van der Waals surface area contributed by atoms with E-state index in [9.17, 15) is 19.5 Å². The molecule has 1 saturated carbocycles. The van der Waals surface area contributed by atoms with Crippen molar-refractivity contribution >= 4 is 27.5 Å². The summed E-state index contributed by atoms with van der Waals surface area (Å²) in [4.78, 5) is 44.0. The number of para-hydroxylation sites is 1. The molecule has 1 aliphatic rings. The fourth-order valence-corrected chi connectivity index (χ4v) is 6.99. The zero-order valence-corrected chi connectivity index (χ0v) is 26.8. The Morgan fingerprint density at radius 1 is 1.14 bits per heavy atom. The number of nitrogens with one attached hydrogen (secondary N) is 1. The van der Waals surface area contributed by atoms with Crippen LogP contribution in [-0.2, 0) is 21.6 Å². The van der Waals surface area contributed by atoms with E-state index >= 15 is 0 Å². The lowest BCUT2D eigenvalue weighted by atomic mass is 9.94. The van der Waals surface area contributed by atoms with Gasteiger partial charge in [0.15, 0.2) is 0 Å². The van der Waals surface area contributed by atoms with Crippen molar-refractivity contribution in [2.75, 3.05) is 7.11 Å². The van der Waals surface area contributed by atoms with Crippen molar-refractivity contribution in [2.24, 2.45) is 0 Å². The number of aryl methyl sites for hydroxylation is 1. The smallest absolute Gasteiger partial charge is 0.333 e. The van der Waals surface area contributed by atoms with Gasteiger partial charge in [-0.25, -0.2) is 9.36 Å². The van der Waals surface area contributed by atoms with Crippen molar-refractivity contribution in [3.05, 3.63) is 68.6 Å². The monoisotopic (exact) mass is 624 g/mol. The zero-order valence-electron chi connectivity index (χ0n) is 25.9. The molecule has 1 atom stereocenters. The van der Waals surface area contributed by atoms with E-state index in [1.165, 1.54) is 20.7 Å². The van der Waals surface area contributed by atoms with E-state index in [-0.39, 0.29) is 24.8 Å². The molecule has 4 aromatic rings. The van der Waals surface area contributed by atoms with Crippen LogP contribution in [0, 0.1) is 6.92 Å². The van der Waals surface area contributed by atoms with Gasteiger partial charge in [-0.3, -0.25) is 14.2 Å². The zero-order chi connectivity index (χ0) is 31.8. The van der Waals surface area contributed by atoms with E-state index in [1.54, 1.807) is 40.3 Å². The van der Waals surface area contributed by atoms with Crippen molar-refractivity contribution < 1.29 is 19.4 Å². The molecule has 0 saturated heterocycles. The average molecular weight is 625 g/mol. The summed E-state index contributed by atoms with van der Waals surface area (Å²) in [6.45, 7) is 8.63. The summed E-state index contributed by atoms with van der Waals surface area (Å²) < 4.78 is 15.0. The standard InChI is InChI=1S/C31H40N6O6S/c1-18(2)34-29(40)31(4,5)36-26(39)25-19(3)27(37-32-15-16-33-37)44-28(25)35(30(36)41)17-24(22-9-7-8-10-23(22)42-6)43-21-13-11-20(38)12-14-21/h7-10,15-16,18,20-21,24,38H,11-14,17H2,1-6H3,(H,34,40)/t20-,21+,24-/m0/s1. The Bertz CT molecular complexity index is 1750. The molecule has 0 radical (unpaired) electrons. The first-order valence-corrected chi connectivity index (χ1v) is 15.7. The highest BCUT2D eigenvalue weighted by molar-refractivity contribution is 7.21. The Balaban J connectivity index is 1.74. The number of hydrogen-bond donors (Lipinski definition) is 2. The Hall–Kier alpha value is -3.81. The van der Waals surface area contributed by atoms with Crippen LogP contribution >= 0.6 is 11.3 Å². The third-order valence-corrected chi connectivity index (χ3v) is 9.44. The van der Waals surface area contributed by atoms with Gasteiger partial charge in [0, 0.05) is 17.2 Å². The van der Waals surface area contributed by atoms with Crippen LogP contribution < -0.4 is 21.3 Å². The molecule has 236 valence electrons. The number of thiophene rings is 1. The lowest BCUT2D eigenvalue weighted by Gasteiger charge is -2.31. The number of hydrogen-bond acceptors (Lipinski definition) is 9. The summed E-state index contributed by atoms with van der Waals surface area (Å²) in [5, 5.41) is 22.4. The van der Waals surface area contributed by atoms with Crippen LogP contribution in [0.2, 0.25) is 0 Å². The summed E-state index contributed by atoms with van der Waals surface area (Å²) in [6.07, 6.45) is 4.55. The van der Waals surface area contributed by atoms with E-state index in [0.29, 0.717) is 52.2 Å². The fourth-order valence-electron chi connectivity index (χ4n) is 5.77. The van der Waals surface area contributed by atoms with Crippen molar-refractivity contribution in [1.29, 1.82) is 0 Å². The Morgan fingerprint density at radius 2 is 1.80 bits per heavy atom. The number of aromatic nitrogens is 5. The highest BCUT2D eigenvalue weighted by atomic mass is 32.1. The molecule has 0 spiro atoms. The molecular weight excluding hydrogens is 584 g/mol. The summed E-state index contributed by atoms with van der Waals surface area (Å²) in [5.41, 5.74) is -1.35. The van der Waals surface area contributed by atoms with Gasteiger partial charge in [-0.15, -0.1) is 4.80 Å². The molecule has 3 aromatic heterocycles. The predicted molar refractivity (Wildman–Crippen MR) is 168 cm³/mol. The van der Waals surface area contributed by atoms with Crippen LogP contribution in [0.4, 0.5) is 0 Å². The minimum atomic E-state index is -1.51. The number of nitrogens with zero attached hydrogens (tertiary/aromatic N) is 5. The molecule has 3 heterocycles. The number of aliphatic hydroxyl groups excluding tert-OH is 1. The molecule has 2 N–H and O–H groups in total. The predicted octanol–water partition coefficient (Wildman–Crippen LogP) is 3.44. The van der Waals surface area contributed by atoms with Crippen LogP contribution in [0.3, 0.4) is 0 Å². The number of amides is 1. The quantitative estimate of drug-likeness (QED) is 0.273. The molecule has 1 aromatic carbocycles. The summed E-state index contributed by atoms with van der Waals surface area (Å²) in [5.74, 6) is 0.157. The highest BCUT2D eigenvalue weighted by Crippen LogP contribution is 2.36. The Morgan fingerprint density at radius 3 is 2.43 bits per heavy atom. The van der Waals surface area contributed by atoms with Crippen LogP contribution in [0.5, 0.6) is 5.75 Å². The number of methoxy groups -OCH3 is 1. The number of benzene rings is 1. The van der Waals surface area contributed by atoms with Gasteiger partial charge in [-0.05, 0) is 66.4 Å². The molecule has 5 rings (SSSR count). The number of carbonyl (C=O) groups is 1. The maximum absolute atomic E-state index is 14.5.